The van der Waals surface area contributed by atoms with Crippen LogP contribution < -0.4 is 11.5 Å². The zero-order chi connectivity index (χ0) is 16.5. The minimum atomic E-state index is -4.52. The Bertz CT molecular complexity index is 755. The minimum absolute atomic E-state index is 0.117. The van der Waals surface area contributed by atoms with E-state index in [-0.39, 0.29) is 22.3 Å². The number of carbonyl (C=O) groups is 2. The first-order chi connectivity index (χ1) is 10.2. The van der Waals surface area contributed by atoms with E-state index in [0.29, 0.717) is 0 Å². The van der Waals surface area contributed by atoms with E-state index in [0.717, 1.165) is 12.1 Å². The van der Waals surface area contributed by atoms with Crippen molar-refractivity contribution in [1.82, 2.24) is 0 Å². The molecule has 0 aliphatic carbocycles. The molecule has 2 aromatic rings. The Hall–Kier alpha value is -2.83. The first-order valence-corrected chi connectivity index (χ1v) is 6.12. The summed E-state index contributed by atoms with van der Waals surface area (Å²) in [5.41, 5.74) is 9.45. The molecule has 4 N–H and O–H groups in total. The summed E-state index contributed by atoms with van der Waals surface area (Å²) in [7, 11) is 0. The highest BCUT2D eigenvalue weighted by Crippen LogP contribution is 2.33. The summed E-state index contributed by atoms with van der Waals surface area (Å²) in [4.78, 5) is 23.0. The van der Waals surface area contributed by atoms with Gasteiger partial charge in [-0.15, -0.1) is 0 Å². The molecule has 0 spiro atoms. The van der Waals surface area contributed by atoms with Crippen LogP contribution in [0.3, 0.4) is 0 Å². The monoisotopic (exact) mass is 308 g/mol. The Morgan fingerprint density at radius 1 is 0.909 bits per heavy atom. The predicted molar refractivity (Wildman–Crippen MR) is 73.9 cm³/mol. The van der Waals surface area contributed by atoms with Crippen LogP contribution in [0, 0.1) is 0 Å². The molecule has 0 unspecified atom stereocenters. The van der Waals surface area contributed by atoms with E-state index in [9.17, 15) is 22.8 Å². The Morgan fingerprint density at radius 3 is 2.09 bits per heavy atom. The molecule has 0 aliphatic heterocycles. The van der Waals surface area contributed by atoms with Gasteiger partial charge in [0.1, 0.15) is 0 Å². The number of halogens is 3. The van der Waals surface area contributed by atoms with Gasteiger partial charge in [-0.2, -0.15) is 13.2 Å². The standard InChI is InChI=1S/C15H11F3N2O2/c16-15(17,18)9-4-1-3-8(7-9)10-5-2-6-11(13(19)21)12(10)14(20)22/h1-7H,(H2,19,21)(H2,20,22). The van der Waals surface area contributed by atoms with Crippen molar-refractivity contribution in [3.63, 3.8) is 0 Å². The van der Waals surface area contributed by atoms with E-state index >= 15 is 0 Å². The van der Waals surface area contributed by atoms with E-state index < -0.39 is 23.6 Å². The molecule has 2 rings (SSSR count). The lowest BCUT2D eigenvalue weighted by Gasteiger charge is -2.13. The number of hydrogen-bond acceptors (Lipinski definition) is 2. The second-order valence-corrected chi connectivity index (χ2v) is 4.54. The average Bonchev–Trinajstić information content (AvgIpc) is 2.45. The Kier molecular flexibility index (Phi) is 3.90. The molecule has 0 fully saturated rings. The van der Waals surface area contributed by atoms with Crippen molar-refractivity contribution in [2.24, 2.45) is 11.5 Å². The Labute approximate surface area is 123 Å². The van der Waals surface area contributed by atoms with Crippen molar-refractivity contribution in [3.8, 4) is 11.1 Å². The number of nitrogens with two attached hydrogens (primary N) is 2. The van der Waals surface area contributed by atoms with E-state index in [1.54, 1.807) is 0 Å². The first-order valence-electron chi connectivity index (χ1n) is 6.12. The molecule has 0 atom stereocenters. The molecule has 2 amide bonds. The van der Waals surface area contributed by atoms with Crippen LogP contribution in [0.5, 0.6) is 0 Å². The summed E-state index contributed by atoms with van der Waals surface area (Å²) >= 11 is 0. The summed E-state index contributed by atoms with van der Waals surface area (Å²) in [5, 5.41) is 0. The zero-order valence-corrected chi connectivity index (χ0v) is 11.1. The molecular weight excluding hydrogens is 297 g/mol. The van der Waals surface area contributed by atoms with Crippen molar-refractivity contribution < 1.29 is 22.8 Å². The molecule has 2 aromatic carbocycles. The second kappa shape index (κ2) is 5.51. The number of alkyl halides is 3. The maximum atomic E-state index is 12.8. The lowest BCUT2D eigenvalue weighted by atomic mass is 9.93. The van der Waals surface area contributed by atoms with Crippen LogP contribution in [-0.2, 0) is 6.18 Å². The molecule has 0 aromatic heterocycles. The van der Waals surface area contributed by atoms with Crippen molar-refractivity contribution >= 4 is 11.8 Å². The summed E-state index contributed by atoms with van der Waals surface area (Å²) in [6.07, 6.45) is -4.52. The van der Waals surface area contributed by atoms with Gasteiger partial charge in [0.15, 0.2) is 0 Å². The van der Waals surface area contributed by atoms with Gasteiger partial charge in [0.25, 0.3) is 0 Å². The number of hydrogen-bond donors (Lipinski definition) is 2. The van der Waals surface area contributed by atoms with Crippen molar-refractivity contribution in [2.45, 2.75) is 6.18 Å². The number of rotatable bonds is 3. The van der Waals surface area contributed by atoms with Crippen LogP contribution in [0.25, 0.3) is 11.1 Å². The fourth-order valence-electron chi connectivity index (χ4n) is 2.13. The summed E-state index contributed by atoms with van der Waals surface area (Å²) < 4.78 is 38.4. The molecule has 114 valence electrons. The highest BCUT2D eigenvalue weighted by molar-refractivity contribution is 6.10. The third kappa shape index (κ3) is 2.93. The molecular formula is C15H11F3N2O2. The van der Waals surface area contributed by atoms with Crippen LogP contribution in [-0.4, -0.2) is 11.8 Å². The van der Waals surface area contributed by atoms with Gasteiger partial charge in [-0.05, 0) is 29.3 Å². The van der Waals surface area contributed by atoms with Gasteiger partial charge < -0.3 is 11.5 Å². The third-order valence-electron chi connectivity index (χ3n) is 3.08. The summed E-state index contributed by atoms with van der Waals surface area (Å²) in [6, 6.07) is 8.50. The molecule has 0 heterocycles. The zero-order valence-electron chi connectivity index (χ0n) is 11.1. The average molecular weight is 308 g/mol. The smallest absolute Gasteiger partial charge is 0.366 e. The van der Waals surface area contributed by atoms with Crippen molar-refractivity contribution in [2.75, 3.05) is 0 Å². The van der Waals surface area contributed by atoms with Gasteiger partial charge in [0, 0.05) is 0 Å². The molecule has 0 saturated heterocycles. The highest BCUT2D eigenvalue weighted by atomic mass is 19.4. The van der Waals surface area contributed by atoms with Crippen LogP contribution in [0.1, 0.15) is 26.3 Å². The predicted octanol–water partition coefficient (Wildman–Crippen LogP) is 2.57. The number of carbonyl (C=O) groups excluding carboxylic acids is 2. The molecule has 0 radical (unpaired) electrons. The number of amides is 2. The molecule has 4 nitrogen and oxygen atoms in total. The molecule has 7 heteroatoms. The van der Waals surface area contributed by atoms with Crippen molar-refractivity contribution in [1.29, 1.82) is 0 Å². The van der Waals surface area contributed by atoms with Crippen molar-refractivity contribution in [3.05, 3.63) is 59.2 Å². The SMILES string of the molecule is NC(=O)c1cccc(-c2cccc(C(F)(F)F)c2)c1C(N)=O. The van der Waals surface area contributed by atoms with Gasteiger partial charge in [0.05, 0.1) is 16.7 Å². The normalized spacial score (nSPS) is 11.2. The molecule has 0 aliphatic rings. The lowest BCUT2D eigenvalue weighted by Crippen LogP contribution is -2.21. The quantitative estimate of drug-likeness (QED) is 0.913. The second-order valence-electron chi connectivity index (χ2n) is 4.54. The van der Waals surface area contributed by atoms with Crippen LogP contribution in [0.2, 0.25) is 0 Å². The number of benzene rings is 2. The van der Waals surface area contributed by atoms with E-state index in [4.69, 9.17) is 11.5 Å². The van der Waals surface area contributed by atoms with Gasteiger partial charge in [0.2, 0.25) is 11.8 Å². The van der Waals surface area contributed by atoms with Crippen LogP contribution in [0.4, 0.5) is 13.2 Å². The van der Waals surface area contributed by atoms with Crippen LogP contribution in [0.15, 0.2) is 42.5 Å². The van der Waals surface area contributed by atoms with Gasteiger partial charge in [-0.3, -0.25) is 9.59 Å². The first kappa shape index (κ1) is 15.6. The van der Waals surface area contributed by atoms with E-state index in [1.165, 1.54) is 30.3 Å². The van der Waals surface area contributed by atoms with Gasteiger partial charge >= 0.3 is 6.18 Å². The lowest BCUT2D eigenvalue weighted by molar-refractivity contribution is -0.137. The topological polar surface area (TPSA) is 86.2 Å². The van der Waals surface area contributed by atoms with E-state index in [2.05, 4.69) is 0 Å². The molecule has 0 bridgehead atoms. The fraction of sp³-hybridized carbons (Fsp3) is 0.0667. The van der Waals surface area contributed by atoms with Gasteiger partial charge in [-0.25, -0.2) is 0 Å². The number of primary amides is 2. The Morgan fingerprint density at radius 2 is 1.55 bits per heavy atom. The molecule has 22 heavy (non-hydrogen) atoms. The highest BCUT2D eigenvalue weighted by Gasteiger charge is 2.30. The Balaban J connectivity index is 2.71. The molecule has 0 saturated carbocycles. The van der Waals surface area contributed by atoms with Crippen LogP contribution >= 0.6 is 0 Å². The maximum absolute atomic E-state index is 12.8. The van der Waals surface area contributed by atoms with Gasteiger partial charge in [-0.1, -0.05) is 24.3 Å². The van der Waals surface area contributed by atoms with E-state index in [1.807, 2.05) is 0 Å². The third-order valence-corrected chi connectivity index (χ3v) is 3.08. The summed E-state index contributed by atoms with van der Waals surface area (Å²) in [6.45, 7) is 0. The maximum Gasteiger partial charge on any atom is 0.416 e. The minimum Gasteiger partial charge on any atom is -0.366 e. The largest absolute Gasteiger partial charge is 0.416 e. The summed E-state index contributed by atoms with van der Waals surface area (Å²) in [5.74, 6) is -1.83. The fourth-order valence-corrected chi connectivity index (χ4v) is 2.13.